The number of nitrogens with zero attached hydrogens (tertiary/aromatic N) is 2. The average Bonchev–Trinajstić information content (AvgIpc) is 2.27. The van der Waals surface area contributed by atoms with Gasteiger partial charge in [-0.05, 0) is 6.92 Å². The summed E-state index contributed by atoms with van der Waals surface area (Å²) >= 11 is 0. The summed E-state index contributed by atoms with van der Waals surface area (Å²) in [5.41, 5.74) is 0.822. The second-order valence-electron chi connectivity index (χ2n) is 3.53. The Kier molecular flexibility index (Phi) is 2.70. The summed E-state index contributed by atoms with van der Waals surface area (Å²) in [4.78, 5) is 8.13. The molecule has 1 aromatic heterocycles. The molecule has 6 heteroatoms. The van der Waals surface area contributed by atoms with Gasteiger partial charge in [0.1, 0.15) is 6.10 Å². The Bertz CT molecular complexity index is 356. The molecule has 82 valence electrons. The lowest BCUT2D eigenvalue weighted by atomic mass is 10.2. The fourth-order valence-corrected chi connectivity index (χ4v) is 1.40. The van der Waals surface area contributed by atoms with Crippen LogP contribution in [0.25, 0.3) is 0 Å². The van der Waals surface area contributed by atoms with Gasteiger partial charge in [-0.15, -0.1) is 0 Å². The third-order valence-corrected chi connectivity index (χ3v) is 2.26. The topological polar surface area (TPSA) is 90.3 Å². The fourth-order valence-electron chi connectivity index (χ4n) is 1.40. The first-order chi connectivity index (χ1) is 7.18. The second-order valence-corrected chi connectivity index (χ2v) is 3.53. The summed E-state index contributed by atoms with van der Waals surface area (Å²) < 4.78 is 0. The minimum atomic E-state index is -1.04. The number of hydrogen-bond donors (Lipinski definition) is 4. The van der Waals surface area contributed by atoms with Crippen LogP contribution in [0.15, 0.2) is 6.20 Å². The number of hydrogen-bond acceptors (Lipinski definition) is 6. The normalized spacial score (nSPS) is 18.3. The Labute approximate surface area is 87.4 Å². The highest BCUT2D eigenvalue weighted by Crippen LogP contribution is 2.23. The van der Waals surface area contributed by atoms with E-state index in [-0.39, 0.29) is 5.82 Å². The third kappa shape index (κ3) is 2.00. The van der Waals surface area contributed by atoms with Crippen LogP contribution in [-0.2, 0) is 0 Å². The number of nitrogens with one attached hydrogen (secondary N) is 2. The van der Waals surface area contributed by atoms with E-state index in [9.17, 15) is 10.2 Å². The molecule has 0 fully saturated rings. The van der Waals surface area contributed by atoms with Crippen LogP contribution in [0.5, 0.6) is 0 Å². The molecule has 1 aromatic rings. The predicted octanol–water partition coefficient (Wildman–Crippen LogP) is -0.272. The van der Waals surface area contributed by atoms with Crippen molar-refractivity contribution >= 4 is 11.5 Å². The maximum Gasteiger partial charge on any atom is 0.162 e. The lowest BCUT2D eigenvalue weighted by molar-refractivity contribution is 0.0250. The molecule has 1 aliphatic heterocycles. The van der Waals surface area contributed by atoms with E-state index in [1.807, 2.05) is 0 Å². The van der Waals surface area contributed by atoms with Gasteiger partial charge in [-0.25, -0.2) is 9.97 Å². The number of rotatable bonds is 2. The smallest absolute Gasteiger partial charge is 0.162 e. The minimum absolute atomic E-state index is 0.236. The molecule has 0 saturated heterocycles. The largest absolute Gasteiger partial charge is 0.390 e. The van der Waals surface area contributed by atoms with Crippen LogP contribution in [0.2, 0.25) is 0 Å². The van der Waals surface area contributed by atoms with E-state index in [0.29, 0.717) is 5.82 Å². The van der Waals surface area contributed by atoms with Crippen molar-refractivity contribution in [1.82, 2.24) is 9.97 Å². The van der Waals surface area contributed by atoms with Gasteiger partial charge in [0.2, 0.25) is 0 Å². The van der Waals surface area contributed by atoms with Gasteiger partial charge in [0.25, 0.3) is 0 Å². The zero-order chi connectivity index (χ0) is 10.8. The van der Waals surface area contributed by atoms with Crippen molar-refractivity contribution in [3.63, 3.8) is 0 Å². The Morgan fingerprint density at radius 3 is 2.80 bits per heavy atom. The van der Waals surface area contributed by atoms with Crippen LogP contribution >= 0.6 is 0 Å². The van der Waals surface area contributed by atoms with E-state index in [0.717, 1.165) is 18.8 Å². The second kappa shape index (κ2) is 4.00. The molecule has 0 bridgehead atoms. The van der Waals surface area contributed by atoms with Crippen molar-refractivity contribution in [2.45, 2.75) is 19.1 Å². The zero-order valence-electron chi connectivity index (χ0n) is 8.44. The summed E-state index contributed by atoms with van der Waals surface area (Å²) in [6.45, 7) is 3.11. The van der Waals surface area contributed by atoms with Gasteiger partial charge in [0, 0.05) is 13.1 Å². The molecule has 2 unspecified atom stereocenters. The van der Waals surface area contributed by atoms with E-state index in [1.165, 1.54) is 6.92 Å². The van der Waals surface area contributed by atoms with Crippen molar-refractivity contribution in [2.24, 2.45) is 0 Å². The van der Waals surface area contributed by atoms with Gasteiger partial charge in [-0.1, -0.05) is 0 Å². The Morgan fingerprint density at radius 1 is 1.33 bits per heavy atom. The molecular weight excluding hydrogens is 196 g/mol. The molecule has 0 saturated carbocycles. The molecule has 6 nitrogen and oxygen atoms in total. The van der Waals surface area contributed by atoms with Gasteiger partial charge in [-0.2, -0.15) is 0 Å². The summed E-state index contributed by atoms with van der Waals surface area (Å²) in [7, 11) is 0. The predicted molar refractivity (Wildman–Crippen MR) is 55.7 cm³/mol. The van der Waals surface area contributed by atoms with Crippen molar-refractivity contribution in [3.8, 4) is 0 Å². The Morgan fingerprint density at radius 2 is 2.07 bits per heavy atom. The number of aliphatic hydroxyl groups excluding tert-OH is 2. The lowest BCUT2D eigenvalue weighted by Crippen LogP contribution is -2.24. The molecule has 0 aromatic carbocycles. The van der Waals surface area contributed by atoms with Gasteiger partial charge in [-0.3, -0.25) is 0 Å². The van der Waals surface area contributed by atoms with E-state index in [1.54, 1.807) is 6.20 Å². The summed E-state index contributed by atoms with van der Waals surface area (Å²) in [5.74, 6) is 0.908. The molecule has 2 atom stereocenters. The fraction of sp³-hybridized carbons (Fsp3) is 0.556. The number of aliphatic hydroxyl groups is 2. The first kappa shape index (κ1) is 10.1. The van der Waals surface area contributed by atoms with Gasteiger partial charge >= 0.3 is 0 Å². The molecule has 0 radical (unpaired) electrons. The van der Waals surface area contributed by atoms with Crippen LogP contribution in [0.3, 0.4) is 0 Å². The quantitative estimate of drug-likeness (QED) is 0.537. The van der Waals surface area contributed by atoms with Crippen LogP contribution in [0.1, 0.15) is 18.9 Å². The van der Waals surface area contributed by atoms with Crippen LogP contribution in [0, 0.1) is 0 Å². The monoisotopic (exact) mass is 210 g/mol. The van der Waals surface area contributed by atoms with Crippen LogP contribution in [0.4, 0.5) is 11.5 Å². The molecule has 2 rings (SSSR count). The summed E-state index contributed by atoms with van der Waals surface area (Å²) in [5, 5.41) is 25.0. The highest BCUT2D eigenvalue weighted by Gasteiger charge is 2.19. The Hall–Kier alpha value is -1.40. The minimum Gasteiger partial charge on any atom is -0.390 e. The molecule has 15 heavy (non-hydrogen) atoms. The van der Waals surface area contributed by atoms with Crippen molar-refractivity contribution < 1.29 is 10.2 Å². The maximum absolute atomic E-state index is 9.58. The van der Waals surface area contributed by atoms with Crippen molar-refractivity contribution in [2.75, 3.05) is 23.7 Å². The highest BCUT2D eigenvalue weighted by atomic mass is 16.3. The van der Waals surface area contributed by atoms with E-state index < -0.39 is 12.2 Å². The van der Waals surface area contributed by atoms with Crippen LogP contribution < -0.4 is 10.6 Å². The van der Waals surface area contributed by atoms with Crippen LogP contribution in [-0.4, -0.2) is 39.4 Å². The zero-order valence-corrected chi connectivity index (χ0v) is 8.44. The number of fused-ring (bicyclic) bond motifs is 1. The SMILES string of the molecule is CC(O)C(O)c1ncc2c(n1)NCCN2. The molecule has 0 aliphatic carbocycles. The van der Waals surface area contributed by atoms with Gasteiger partial charge in [0.15, 0.2) is 11.6 Å². The van der Waals surface area contributed by atoms with Crippen molar-refractivity contribution in [3.05, 3.63) is 12.0 Å². The first-order valence-electron chi connectivity index (χ1n) is 4.89. The average molecular weight is 210 g/mol. The number of anilines is 2. The van der Waals surface area contributed by atoms with E-state index >= 15 is 0 Å². The van der Waals surface area contributed by atoms with Gasteiger partial charge in [0.05, 0.1) is 18.0 Å². The molecule has 0 spiro atoms. The molecule has 1 aliphatic rings. The standard InChI is InChI=1S/C9H14N4O2/c1-5(14)7(15)9-12-4-6-8(13-9)11-3-2-10-6/h4-5,7,10,14-15H,2-3H2,1H3,(H,11,12,13). The number of aromatic nitrogens is 2. The summed E-state index contributed by atoms with van der Waals surface area (Å²) in [6, 6.07) is 0. The van der Waals surface area contributed by atoms with E-state index in [4.69, 9.17) is 0 Å². The third-order valence-electron chi connectivity index (χ3n) is 2.26. The molecular formula is C9H14N4O2. The molecule has 0 amide bonds. The molecule has 4 N–H and O–H groups in total. The van der Waals surface area contributed by atoms with Crippen molar-refractivity contribution in [1.29, 1.82) is 0 Å². The lowest BCUT2D eigenvalue weighted by Gasteiger charge is -2.20. The molecule has 2 heterocycles. The summed E-state index contributed by atoms with van der Waals surface area (Å²) in [6.07, 6.45) is -0.311. The van der Waals surface area contributed by atoms with Gasteiger partial charge < -0.3 is 20.8 Å². The Balaban J connectivity index is 2.27. The highest BCUT2D eigenvalue weighted by molar-refractivity contribution is 5.65. The maximum atomic E-state index is 9.58. The first-order valence-corrected chi connectivity index (χ1v) is 4.89. The van der Waals surface area contributed by atoms with E-state index in [2.05, 4.69) is 20.6 Å².